The number of para-hydroxylation sites is 2. The van der Waals surface area contributed by atoms with E-state index in [4.69, 9.17) is 16.3 Å². The van der Waals surface area contributed by atoms with Gasteiger partial charge in [-0.1, -0.05) is 41.9 Å². The lowest BCUT2D eigenvalue weighted by molar-refractivity contribution is 0.414. The molecule has 0 radical (unpaired) electrons. The van der Waals surface area contributed by atoms with Crippen LogP contribution < -0.4 is 10.2 Å². The van der Waals surface area contributed by atoms with Crippen LogP contribution >= 0.6 is 11.6 Å². The molecule has 0 aliphatic heterocycles. The number of methoxy groups -OCH3 is 1. The molecule has 1 N–H and O–H groups in total. The summed E-state index contributed by atoms with van der Waals surface area (Å²) in [4.78, 5) is 0. The van der Waals surface area contributed by atoms with E-state index in [9.17, 15) is 0 Å². The van der Waals surface area contributed by atoms with Gasteiger partial charge < -0.3 is 4.74 Å². The maximum absolute atomic E-state index is 6.00. The summed E-state index contributed by atoms with van der Waals surface area (Å²) < 4.78 is 5.26. The van der Waals surface area contributed by atoms with Gasteiger partial charge in [-0.05, 0) is 30.4 Å². The van der Waals surface area contributed by atoms with Gasteiger partial charge in [-0.15, -0.1) is 0 Å². The van der Waals surface area contributed by atoms with Crippen LogP contribution in [-0.2, 0) is 0 Å². The van der Waals surface area contributed by atoms with Crippen LogP contribution in [0.2, 0.25) is 5.02 Å². The molecule has 0 amide bonds. The molecule has 2 aromatic carbocycles. The predicted octanol–water partition coefficient (Wildman–Crippen LogP) is 4.46. The number of allylic oxidation sites excluding steroid dienone is 1. The summed E-state index contributed by atoms with van der Waals surface area (Å²) in [6, 6.07) is 15.2. The first-order valence-corrected chi connectivity index (χ1v) is 6.52. The van der Waals surface area contributed by atoms with Gasteiger partial charge in [-0.2, -0.15) is 5.10 Å². The first kappa shape index (κ1) is 14.2. The third-order valence-electron chi connectivity index (χ3n) is 2.63. The summed E-state index contributed by atoms with van der Waals surface area (Å²) in [5.41, 5.74) is 4.66. The van der Waals surface area contributed by atoms with Crippen LogP contribution in [0.1, 0.15) is 5.56 Å². The maximum atomic E-state index is 6.00. The van der Waals surface area contributed by atoms with Crippen molar-refractivity contribution < 1.29 is 4.74 Å². The SMILES string of the molecule is COc1ccccc1/C=C/C=N\Nc1ccccc1Cl. The highest BCUT2D eigenvalue weighted by molar-refractivity contribution is 6.33. The molecule has 0 aliphatic carbocycles. The topological polar surface area (TPSA) is 33.6 Å². The van der Waals surface area contributed by atoms with Crippen LogP contribution in [0.5, 0.6) is 5.75 Å². The van der Waals surface area contributed by atoms with E-state index in [1.807, 2.05) is 60.7 Å². The van der Waals surface area contributed by atoms with Crippen LogP contribution in [0.4, 0.5) is 5.69 Å². The lowest BCUT2D eigenvalue weighted by Gasteiger charge is -2.02. The van der Waals surface area contributed by atoms with Crippen molar-refractivity contribution in [3.05, 3.63) is 65.2 Å². The van der Waals surface area contributed by atoms with Crippen LogP contribution in [0.25, 0.3) is 6.08 Å². The molecule has 0 aromatic heterocycles. The van der Waals surface area contributed by atoms with Crippen LogP contribution in [-0.4, -0.2) is 13.3 Å². The van der Waals surface area contributed by atoms with E-state index in [0.29, 0.717) is 5.02 Å². The van der Waals surface area contributed by atoms with Crippen molar-refractivity contribution in [1.29, 1.82) is 0 Å². The Kier molecular flexibility index (Phi) is 5.21. The summed E-state index contributed by atoms with van der Waals surface area (Å²) in [5, 5.41) is 4.72. The molecule has 0 heterocycles. The minimum Gasteiger partial charge on any atom is -0.496 e. The average Bonchev–Trinajstić information content (AvgIpc) is 2.49. The summed E-state index contributed by atoms with van der Waals surface area (Å²) in [6.07, 6.45) is 5.42. The van der Waals surface area contributed by atoms with Gasteiger partial charge in [-0.3, -0.25) is 5.43 Å². The predicted molar refractivity (Wildman–Crippen MR) is 85.6 cm³/mol. The minimum atomic E-state index is 0.637. The van der Waals surface area contributed by atoms with Crippen molar-refractivity contribution in [2.45, 2.75) is 0 Å². The van der Waals surface area contributed by atoms with Gasteiger partial charge in [0.05, 0.1) is 17.8 Å². The molecular formula is C16H15ClN2O. The number of nitrogens with one attached hydrogen (secondary N) is 1. The number of anilines is 1. The molecule has 0 saturated heterocycles. The van der Waals surface area contributed by atoms with Gasteiger partial charge >= 0.3 is 0 Å². The van der Waals surface area contributed by atoms with Crippen LogP contribution in [0.15, 0.2) is 59.7 Å². The Labute approximate surface area is 123 Å². The van der Waals surface area contributed by atoms with Crippen molar-refractivity contribution in [2.75, 3.05) is 12.5 Å². The van der Waals surface area contributed by atoms with Crippen LogP contribution in [0, 0.1) is 0 Å². The second kappa shape index (κ2) is 7.36. The number of halogens is 1. The van der Waals surface area contributed by atoms with E-state index in [-0.39, 0.29) is 0 Å². The summed E-state index contributed by atoms with van der Waals surface area (Å²) in [5.74, 6) is 0.830. The number of hydrazone groups is 1. The minimum absolute atomic E-state index is 0.637. The molecule has 0 bridgehead atoms. The number of nitrogens with zero attached hydrogens (tertiary/aromatic N) is 1. The van der Waals surface area contributed by atoms with Crippen molar-refractivity contribution in [3.8, 4) is 5.75 Å². The van der Waals surface area contributed by atoms with E-state index in [1.54, 1.807) is 13.3 Å². The van der Waals surface area contributed by atoms with E-state index >= 15 is 0 Å². The van der Waals surface area contributed by atoms with Gasteiger partial charge in [-0.25, -0.2) is 0 Å². The summed E-state index contributed by atoms with van der Waals surface area (Å²) in [7, 11) is 1.65. The molecule has 3 nitrogen and oxygen atoms in total. The Morgan fingerprint density at radius 3 is 2.65 bits per heavy atom. The van der Waals surface area contributed by atoms with Crippen molar-refractivity contribution >= 4 is 29.6 Å². The van der Waals surface area contributed by atoms with E-state index in [2.05, 4.69) is 10.5 Å². The average molecular weight is 287 g/mol. The summed E-state index contributed by atoms with van der Waals surface area (Å²) >= 11 is 6.00. The van der Waals surface area contributed by atoms with Gasteiger partial charge in [0.2, 0.25) is 0 Å². The molecular weight excluding hydrogens is 272 g/mol. The lowest BCUT2D eigenvalue weighted by Crippen LogP contribution is -1.89. The van der Waals surface area contributed by atoms with Gasteiger partial charge in [0.1, 0.15) is 5.75 Å². The van der Waals surface area contributed by atoms with Crippen molar-refractivity contribution in [3.63, 3.8) is 0 Å². The normalized spacial score (nSPS) is 11.1. The number of hydrogen-bond acceptors (Lipinski definition) is 3. The van der Waals surface area contributed by atoms with Gasteiger partial charge in [0.25, 0.3) is 0 Å². The third kappa shape index (κ3) is 3.87. The quantitative estimate of drug-likeness (QED) is 0.650. The maximum Gasteiger partial charge on any atom is 0.126 e. The molecule has 2 aromatic rings. The fourth-order valence-electron chi connectivity index (χ4n) is 1.65. The highest BCUT2D eigenvalue weighted by atomic mass is 35.5. The first-order chi connectivity index (χ1) is 9.81. The zero-order valence-electron chi connectivity index (χ0n) is 11.1. The van der Waals surface area contributed by atoms with Crippen molar-refractivity contribution in [1.82, 2.24) is 0 Å². The Bertz CT molecular complexity index is 623. The number of hydrogen-bond donors (Lipinski definition) is 1. The standard InChI is InChI=1S/C16H15ClN2O/c1-20-16-11-5-2-7-13(16)8-6-12-18-19-15-10-4-3-9-14(15)17/h2-12,19H,1H3/b8-6+,18-12-. The number of rotatable bonds is 5. The summed E-state index contributed by atoms with van der Waals surface area (Å²) in [6.45, 7) is 0. The fourth-order valence-corrected chi connectivity index (χ4v) is 1.83. The Morgan fingerprint density at radius 1 is 1.10 bits per heavy atom. The highest BCUT2D eigenvalue weighted by Crippen LogP contribution is 2.20. The molecule has 2 rings (SSSR count). The number of benzene rings is 2. The fraction of sp³-hybridized carbons (Fsp3) is 0.0625. The lowest BCUT2D eigenvalue weighted by atomic mass is 10.2. The van der Waals surface area contributed by atoms with Gasteiger partial charge in [0.15, 0.2) is 0 Å². The second-order valence-corrected chi connectivity index (χ2v) is 4.38. The molecule has 0 aliphatic rings. The second-order valence-electron chi connectivity index (χ2n) is 3.97. The van der Waals surface area contributed by atoms with Crippen LogP contribution in [0.3, 0.4) is 0 Å². The Morgan fingerprint density at radius 2 is 1.85 bits per heavy atom. The smallest absolute Gasteiger partial charge is 0.126 e. The molecule has 0 saturated carbocycles. The highest BCUT2D eigenvalue weighted by Gasteiger charge is 1.96. The van der Waals surface area contributed by atoms with Gasteiger partial charge in [0, 0.05) is 11.8 Å². The van der Waals surface area contributed by atoms with E-state index < -0.39 is 0 Å². The zero-order chi connectivity index (χ0) is 14.2. The van der Waals surface area contributed by atoms with E-state index in [0.717, 1.165) is 17.0 Å². The Hall–Kier alpha value is -2.26. The molecule has 4 heteroatoms. The third-order valence-corrected chi connectivity index (χ3v) is 2.96. The largest absolute Gasteiger partial charge is 0.496 e. The molecule has 0 spiro atoms. The van der Waals surface area contributed by atoms with Crippen molar-refractivity contribution in [2.24, 2.45) is 5.10 Å². The molecule has 0 atom stereocenters. The molecule has 102 valence electrons. The van der Waals surface area contributed by atoms with E-state index in [1.165, 1.54) is 0 Å². The number of ether oxygens (including phenoxy) is 1. The molecule has 0 unspecified atom stereocenters. The Balaban J connectivity index is 1.96. The zero-order valence-corrected chi connectivity index (χ0v) is 11.8. The monoisotopic (exact) mass is 286 g/mol. The molecule has 20 heavy (non-hydrogen) atoms. The molecule has 0 fully saturated rings. The first-order valence-electron chi connectivity index (χ1n) is 6.14.